The third-order valence-electron chi connectivity index (χ3n) is 5.21. The van der Waals surface area contributed by atoms with Crippen LogP contribution < -0.4 is 10.9 Å². The number of aromatic nitrogens is 2. The van der Waals surface area contributed by atoms with Gasteiger partial charge in [-0.3, -0.25) is 14.4 Å². The van der Waals surface area contributed by atoms with E-state index >= 15 is 0 Å². The molecule has 0 bridgehead atoms. The van der Waals surface area contributed by atoms with Crippen LogP contribution in [0.4, 0.5) is 13.2 Å². The van der Waals surface area contributed by atoms with Crippen molar-refractivity contribution < 1.29 is 27.9 Å². The number of carbonyl (C=O) groups is 2. The summed E-state index contributed by atoms with van der Waals surface area (Å²) in [5.41, 5.74) is -1.41. The van der Waals surface area contributed by atoms with Crippen LogP contribution in [0.3, 0.4) is 0 Å². The number of carbonyl (C=O) groups excluding carboxylic acids is 2. The van der Waals surface area contributed by atoms with E-state index in [0.717, 1.165) is 16.8 Å². The summed E-state index contributed by atoms with van der Waals surface area (Å²) in [7, 11) is 3.16. The highest BCUT2D eigenvalue weighted by atomic mass is 19.3. The maximum Gasteiger partial charge on any atom is 0.298 e. The van der Waals surface area contributed by atoms with Crippen molar-refractivity contribution in [3.8, 4) is 5.69 Å². The maximum atomic E-state index is 14.7. The third-order valence-corrected chi connectivity index (χ3v) is 5.21. The highest BCUT2D eigenvalue weighted by Crippen LogP contribution is 2.32. The minimum absolute atomic E-state index is 0.196. The van der Waals surface area contributed by atoms with Gasteiger partial charge in [-0.25, -0.2) is 4.39 Å². The molecule has 0 aliphatic carbocycles. The predicted molar refractivity (Wildman–Crippen MR) is 121 cm³/mol. The minimum atomic E-state index is -3.79. The second kappa shape index (κ2) is 10.1. The summed E-state index contributed by atoms with van der Waals surface area (Å²) < 4.78 is 43.3. The molecule has 0 aliphatic rings. The molecule has 1 atom stereocenters. The molecule has 0 aliphatic heterocycles. The van der Waals surface area contributed by atoms with Crippen molar-refractivity contribution in [3.63, 3.8) is 0 Å². The van der Waals surface area contributed by atoms with Crippen molar-refractivity contribution in [2.75, 3.05) is 20.7 Å². The monoisotopic (exact) mass is 488 g/mol. The molecule has 2 amide bonds. The van der Waals surface area contributed by atoms with Crippen LogP contribution in [0, 0.1) is 5.82 Å². The van der Waals surface area contributed by atoms with E-state index in [9.17, 15) is 27.6 Å². The zero-order valence-corrected chi connectivity index (χ0v) is 19.1. The van der Waals surface area contributed by atoms with Gasteiger partial charge in [0.1, 0.15) is 18.1 Å². The van der Waals surface area contributed by atoms with Gasteiger partial charge in [0, 0.05) is 31.3 Å². The second-order valence-corrected chi connectivity index (χ2v) is 7.99. The van der Waals surface area contributed by atoms with E-state index in [1.54, 1.807) is 26.2 Å². The molecule has 0 unspecified atom stereocenters. The Kier molecular flexibility index (Phi) is 7.39. The van der Waals surface area contributed by atoms with Crippen LogP contribution in [0.5, 0.6) is 0 Å². The van der Waals surface area contributed by atoms with E-state index in [0.29, 0.717) is 5.56 Å². The van der Waals surface area contributed by atoms with Crippen molar-refractivity contribution in [2.45, 2.75) is 18.9 Å². The number of halogens is 3. The molecule has 1 aromatic heterocycles. The standard InChI is InChI=1S/C24H23F3N4O4/c1-14(17-8-5-9-18(21(17)25)24(26,27)13-32)28-22(34)19-10-11-20(33)31(29-19)16-7-4-6-15(12-16)23(35)30(2)3/h4-12,14,32H,13H2,1-3H3,(H,28,34)/t14-/m1/s1. The number of hydrogen-bond donors (Lipinski definition) is 2. The molecule has 0 spiro atoms. The zero-order chi connectivity index (χ0) is 25.9. The lowest BCUT2D eigenvalue weighted by molar-refractivity contribution is -0.0584. The Labute approximate surface area is 198 Å². The summed E-state index contributed by atoms with van der Waals surface area (Å²) in [5, 5.41) is 15.4. The number of aliphatic hydroxyl groups is 1. The van der Waals surface area contributed by atoms with Crippen molar-refractivity contribution >= 4 is 11.8 Å². The first-order valence-corrected chi connectivity index (χ1v) is 10.5. The summed E-state index contributed by atoms with van der Waals surface area (Å²) in [5.74, 6) is -6.12. The van der Waals surface area contributed by atoms with Crippen LogP contribution in [0.1, 0.15) is 44.9 Å². The molecular weight excluding hydrogens is 465 g/mol. The predicted octanol–water partition coefficient (Wildman–Crippen LogP) is 2.65. The quantitative estimate of drug-likeness (QED) is 0.532. The molecule has 1 heterocycles. The fraction of sp³-hybridized carbons (Fsp3) is 0.250. The Morgan fingerprint density at radius 1 is 1.14 bits per heavy atom. The molecule has 0 fully saturated rings. The van der Waals surface area contributed by atoms with Gasteiger partial charge in [0.25, 0.3) is 23.3 Å². The summed E-state index contributed by atoms with van der Waals surface area (Å²) in [4.78, 5) is 38.8. The molecule has 11 heteroatoms. The lowest BCUT2D eigenvalue weighted by Gasteiger charge is -2.20. The average molecular weight is 488 g/mol. The number of nitrogens with one attached hydrogen (secondary N) is 1. The topological polar surface area (TPSA) is 105 Å². The first kappa shape index (κ1) is 25.6. The van der Waals surface area contributed by atoms with Gasteiger partial charge < -0.3 is 15.3 Å². The first-order valence-electron chi connectivity index (χ1n) is 10.5. The zero-order valence-electron chi connectivity index (χ0n) is 19.1. The van der Waals surface area contributed by atoms with Gasteiger partial charge in [-0.15, -0.1) is 0 Å². The van der Waals surface area contributed by atoms with E-state index in [-0.39, 0.29) is 22.9 Å². The summed E-state index contributed by atoms with van der Waals surface area (Å²) in [6.07, 6.45) is 0. The number of rotatable bonds is 7. The molecule has 2 N–H and O–H groups in total. The van der Waals surface area contributed by atoms with E-state index < -0.39 is 41.4 Å². The Balaban J connectivity index is 1.90. The average Bonchev–Trinajstić information content (AvgIpc) is 2.83. The van der Waals surface area contributed by atoms with E-state index in [4.69, 9.17) is 5.11 Å². The fourth-order valence-corrected chi connectivity index (χ4v) is 3.35. The van der Waals surface area contributed by atoms with Gasteiger partial charge in [-0.1, -0.05) is 18.2 Å². The van der Waals surface area contributed by atoms with E-state index in [2.05, 4.69) is 10.4 Å². The summed E-state index contributed by atoms with van der Waals surface area (Å²) in [6.45, 7) is -0.176. The highest BCUT2D eigenvalue weighted by Gasteiger charge is 2.35. The smallest absolute Gasteiger partial charge is 0.298 e. The minimum Gasteiger partial charge on any atom is -0.390 e. The van der Waals surface area contributed by atoms with Crippen LogP contribution in [0.15, 0.2) is 59.4 Å². The lowest BCUT2D eigenvalue weighted by Crippen LogP contribution is -2.31. The Morgan fingerprint density at radius 2 is 1.83 bits per heavy atom. The number of benzene rings is 2. The molecule has 35 heavy (non-hydrogen) atoms. The second-order valence-electron chi connectivity index (χ2n) is 7.99. The Bertz CT molecular complexity index is 1320. The van der Waals surface area contributed by atoms with Crippen molar-refractivity contribution in [3.05, 3.63) is 93.2 Å². The van der Waals surface area contributed by atoms with Crippen LogP contribution in [-0.2, 0) is 5.92 Å². The molecule has 8 nitrogen and oxygen atoms in total. The molecular formula is C24H23F3N4O4. The third kappa shape index (κ3) is 5.40. The Hall–Kier alpha value is -3.99. The normalized spacial score (nSPS) is 12.2. The van der Waals surface area contributed by atoms with E-state index in [1.807, 2.05) is 0 Å². The molecule has 0 saturated heterocycles. The van der Waals surface area contributed by atoms with Gasteiger partial charge in [-0.05, 0) is 37.3 Å². The lowest BCUT2D eigenvalue weighted by atomic mass is 10.0. The van der Waals surface area contributed by atoms with Gasteiger partial charge >= 0.3 is 0 Å². The van der Waals surface area contributed by atoms with Crippen LogP contribution in [0.2, 0.25) is 0 Å². The summed E-state index contributed by atoms with van der Waals surface area (Å²) >= 11 is 0. The van der Waals surface area contributed by atoms with Crippen LogP contribution in [0.25, 0.3) is 5.69 Å². The SMILES string of the molecule is C[C@@H](NC(=O)c1ccc(=O)n(-c2cccc(C(=O)N(C)C)c2)n1)c1cccc(C(F)(F)CO)c1F. The van der Waals surface area contributed by atoms with Crippen LogP contribution >= 0.6 is 0 Å². The van der Waals surface area contributed by atoms with Gasteiger partial charge in [-0.2, -0.15) is 18.6 Å². The highest BCUT2D eigenvalue weighted by molar-refractivity contribution is 5.94. The van der Waals surface area contributed by atoms with Gasteiger partial charge in [0.2, 0.25) is 0 Å². The molecule has 184 valence electrons. The number of hydrogen-bond acceptors (Lipinski definition) is 5. The van der Waals surface area contributed by atoms with Crippen molar-refractivity contribution in [2.24, 2.45) is 0 Å². The number of aliphatic hydroxyl groups excluding tert-OH is 1. The largest absolute Gasteiger partial charge is 0.390 e. The first-order chi connectivity index (χ1) is 16.5. The van der Waals surface area contributed by atoms with Crippen molar-refractivity contribution in [1.82, 2.24) is 20.0 Å². The molecule has 2 aromatic carbocycles. The number of amides is 2. The fourth-order valence-electron chi connectivity index (χ4n) is 3.35. The molecule has 3 aromatic rings. The number of nitrogens with zero attached hydrogens (tertiary/aromatic N) is 3. The van der Waals surface area contributed by atoms with Gasteiger partial charge in [0.05, 0.1) is 17.3 Å². The van der Waals surface area contributed by atoms with E-state index in [1.165, 1.54) is 42.2 Å². The molecule has 0 saturated carbocycles. The molecule has 0 radical (unpaired) electrons. The number of alkyl halides is 2. The molecule has 3 rings (SSSR count). The van der Waals surface area contributed by atoms with Gasteiger partial charge in [0.15, 0.2) is 0 Å². The summed E-state index contributed by atoms with van der Waals surface area (Å²) in [6, 6.07) is 10.6. The van der Waals surface area contributed by atoms with Crippen LogP contribution in [-0.4, -0.2) is 52.3 Å². The maximum absolute atomic E-state index is 14.7. The van der Waals surface area contributed by atoms with Crippen molar-refractivity contribution in [1.29, 1.82) is 0 Å². The Morgan fingerprint density at radius 3 is 2.49 bits per heavy atom.